The molecule has 7 heteroatoms. The Hall–Kier alpha value is -1.60. The van der Waals surface area contributed by atoms with E-state index in [-0.39, 0.29) is 12.2 Å². The summed E-state index contributed by atoms with van der Waals surface area (Å²) in [6.07, 6.45) is -4.26. The Morgan fingerprint density at radius 1 is 1.45 bits per heavy atom. The van der Waals surface area contributed by atoms with Crippen LogP contribution in [-0.2, 0) is 11.0 Å². The number of nitrogens with one attached hydrogen (secondary N) is 1. The number of β-amino-alcohol motifs (C(OH)–C–C–N with tert-alkyl or cyclic N) is 1. The van der Waals surface area contributed by atoms with E-state index in [1.165, 1.54) is 12.1 Å². The molecule has 1 aromatic rings. The molecule has 20 heavy (non-hydrogen) atoms. The van der Waals surface area contributed by atoms with Crippen molar-refractivity contribution >= 4 is 11.6 Å². The number of benzene rings is 1. The van der Waals surface area contributed by atoms with Gasteiger partial charge in [-0.2, -0.15) is 13.2 Å². The molecule has 0 spiro atoms. The second kappa shape index (κ2) is 5.80. The largest absolute Gasteiger partial charge is 0.416 e. The molecular formula is C13H15F3N2O2. The van der Waals surface area contributed by atoms with Gasteiger partial charge in [0.15, 0.2) is 0 Å². The fourth-order valence-electron chi connectivity index (χ4n) is 2.13. The van der Waals surface area contributed by atoms with E-state index in [0.29, 0.717) is 19.5 Å². The van der Waals surface area contributed by atoms with E-state index in [4.69, 9.17) is 0 Å². The summed E-state index contributed by atoms with van der Waals surface area (Å²) >= 11 is 0. The molecule has 4 nitrogen and oxygen atoms in total. The molecule has 110 valence electrons. The van der Waals surface area contributed by atoms with Gasteiger partial charge in [0.2, 0.25) is 5.91 Å². The van der Waals surface area contributed by atoms with Crippen molar-refractivity contribution in [2.45, 2.75) is 18.7 Å². The van der Waals surface area contributed by atoms with Crippen LogP contribution in [0.5, 0.6) is 0 Å². The van der Waals surface area contributed by atoms with Crippen LogP contribution >= 0.6 is 0 Å². The molecule has 1 aliphatic rings. The summed E-state index contributed by atoms with van der Waals surface area (Å²) in [5.74, 6) is -0.390. The van der Waals surface area contributed by atoms with E-state index in [1.807, 2.05) is 0 Å². The van der Waals surface area contributed by atoms with Crippen LogP contribution in [0, 0.1) is 0 Å². The summed E-state index contributed by atoms with van der Waals surface area (Å²) in [7, 11) is 0. The van der Waals surface area contributed by atoms with Crippen LogP contribution in [-0.4, -0.2) is 41.7 Å². The number of carbonyl (C=O) groups excluding carboxylic acids is 1. The van der Waals surface area contributed by atoms with Crippen molar-refractivity contribution in [3.63, 3.8) is 0 Å². The summed E-state index contributed by atoms with van der Waals surface area (Å²) in [4.78, 5) is 13.5. The number of aliphatic hydroxyl groups is 1. The van der Waals surface area contributed by atoms with Crippen molar-refractivity contribution in [1.82, 2.24) is 4.90 Å². The SMILES string of the molecule is O=C(CN1CC[C@H](O)C1)Nc1cccc(C(F)(F)F)c1. The van der Waals surface area contributed by atoms with Crippen molar-refractivity contribution in [2.75, 3.05) is 25.0 Å². The molecule has 1 amide bonds. The fourth-order valence-corrected chi connectivity index (χ4v) is 2.13. The molecule has 1 aromatic carbocycles. The lowest BCUT2D eigenvalue weighted by atomic mass is 10.2. The Balaban J connectivity index is 1.94. The number of aliphatic hydroxyl groups excluding tert-OH is 1. The van der Waals surface area contributed by atoms with Crippen LogP contribution in [0.2, 0.25) is 0 Å². The van der Waals surface area contributed by atoms with Gasteiger partial charge in [-0.25, -0.2) is 0 Å². The number of amides is 1. The number of hydrogen-bond donors (Lipinski definition) is 2. The first-order valence-corrected chi connectivity index (χ1v) is 6.22. The highest BCUT2D eigenvalue weighted by Crippen LogP contribution is 2.30. The van der Waals surface area contributed by atoms with Crippen molar-refractivity contribution in [3.05, 3.63) is 29.8 Å². The number of alkyl halides is 3. The molecular weight excluding hydrogens is 273 g/mol. The van der Waals surface area contributed by atoms with Gasteiger partial charge in [0.1, 0.15) is 0 Å². The number of nitrogens with zero attached hydrogens (tertiary/aromatic N) is 1. The van der Waals surface area contributed by atoms with E-state index in [9.17, 15) is 23.1 Å². The van der Waals surface area contributed by atoms with Gasteiger partial charge >= 0.3 is 6.18 Å². The van der Waals surface area contributed by atoms with Crippen LogP contribution in [0.1, 0.15) is 12.0 Å². The minimum atomic E-state index is -4.43. The van der Waals surface area contributed by atoms with Crippen LogP contribution in [0.3, 0.4) is 0 Å². The first kappa shape index (κ1) is 14.8. The average molecular weight is 288 g/mol. The Morgan fingerprint density at radius 3 is 2.80 bits per heavy atom. The lowest BCUT2D eigenvalue weighted by Crippen LogP contribution is -2.32. The highest BCUT2D eigenvalue weighted by molar-refractivity contribution is 5.92. The number of carbonyl (C=O) groups is 1. The summed E-state index contributed by atoms with van der Waals surface area (Å²) in [5, 5.41) is 11.8. The van der Waals surface area contributed by atoms with Gasteiger partial charge in [0, 0.05) is 18.8 Å². The van der Waals surface area contributed by atoms with Crippen LogP contribution in [0.4, 0.5) is 18.9 Å². The highest BCUT2D eigenvalue weighted by atomic mass is 19.4. The lowest BCUT2D eigenvalue weighted by molar-refractivity contribution is -0.137. The Morgan fingerprint density at radius 2 is 2.20 bits per heavy atom. The maximum atomic E-state index is 12.5. The third-order valence-electron chi connectivity index (χ3n) is 3.09. The molecule has 1 saturated heterocycles. The first-order chi connectivity index (χ1) is 9.34. The van der Waals surface area contributed by atoms with Crippen molar-refractivity contribution in [1.29, 1.82) is 0 Å². The molecule has 1 aliphatic heterocycles. The van der Waals surface area contributed by atoms with E-state index >= 15 is 0 Å². The smallest absolute Gasteiger partial charge is 0.392 e. The van der Waals surface area contributed by atoms with E-state index in [2.05, 4.69) is 5.32 Å². The summed E-state index contributed by atoms with van der Waals surface area (Å²) in [6, 6.07) is 4.51. The van der Waals surface area contributed by atoms with Crippen molar-refractivity contribution in [2.24, 2.45) is 0 Å². The zero-order valence-corrected chi connectivity index (χ0v) is 10.7. The van der Waals surface area contributed by atoms with Crippen molar-refractivity contribution in [3.8, 4) is 0 Å². The molecule has 2 rings (SSSR count). The maximum absolute atomic E-state index is 12.5. The molecule has 0 aromatic heterocycles. The summed E-state index contributed by atoms with van der Waals surface area (Å²) < 4.78 is 37.6. The van der Waals surface area contributed by atoms with Gasteiger partial charge in [-0.05, 0) is 24.6 Å². The molecule has 1 atom stereocenters. The van der Waals surface area contributed by atoms with E-state index < -0.39 is 23.8 Å². The van der Waals surface area contributed by atoms with Crippen LogP contribution in [0.25, 0.3) is 0 Å². The molecule has 0 saturated carbocycles. The number of anilines is 1. The molecule has 1 heterocycles. The van der Waals surface area contributed by atoms with Gasteiger partial charge in [0.25, 0.3) is 0 Å². The van der Waals surface area contributed by atoms with E-state index in [1.54, 1.807) is 4.90 Å². The molecule has 0 bridgehead atoms. The fraction of sp³-hybridized carbons (Fsp3) is 0.462. The molecule has 0 radical (unpaired) electrons. The number of rotatable bonds is 3. The third-order valence-corrected chi connectivity index (χ3v) is 3.09. The average Bonchev–Trinajstić information content (AvgIpc) is 2.73. The molecule has 0 aliphatic carbocycles. The monoisotopic (exact) mass is 288 g/mol. The second-order valence-corrected chi connectivity index (χ2v) is 4.80. The zero-order valence-electron chi connectivity index (χ0n) is 10.7. The second-order valence-electron chi connectivity index (χ2n) is 4.80. The van der Waals surface area contributed by atoms with Gasteiger partial charge in [-0.15, -0.1) is 0 Å². The quantitative estimate of drug-likeness (QED) is 0.890. The van der Waals surface area contributed by atoms with Gasteiger partial charge < -0.3 is 10.4 Å². The summed E-state index contributed by atoms with van der Waals surface area (Å²) in [6.45, 7) is 1.08. The third kappa shape index (κ3) is 3.94. The van der Waals surface area contributed by atoms with Crippen LogP contribution < -0.4 is 5.32 Å². The Bertz CT molecular complexity index is 491. The lowest BCUT2D eigenvalue weighted by Gasteiger charge is -2.15. The predicted molar refractivity (Wildman–Crippen MR) is 67.1 cm³/mol. The number of halogens is 3. The topological polar surface area (TPSA) is 52.6 Å². The van der Waals surface area contributed by atoms with E-state index in [0.717, 1.165) is 12.1 Å². The molecule has 2 N–H and O–H groups in total. The van der Waals surface area contributed by atoms with Crippen LogP contribution in [0.15, 0.2) is 24.3 Å². The Labute approximate surface area is 114 Å². The summed E-state index contributed by atoms with van der Waals surface area (Å²) in [5.41, 5.74) is -0.684. The minimum absolute atomic E-state index is 0.0628. The Kier molecular flexibility index (Phi) is 4.29. The highest BCUT2D eigenvalue weighted by Gasteiger charge is 2.30. The van der Waals surface area contributed by atoms with Gasteiger partial charge in [-0.1, -0.05) is 6.07 Å². The maximum Gasteiger partial charge on any atom is 0.416 e. The molecule has 1 fully saturated rings. The number of hydrogen-bond acceptors (Lipinski definition) is 3. The standard InChI is InChI=1S/C13H15F3N2O2/c14-13(15,16)9-2-1-3-10(6-9)17-12(20)8-18-5-4-11(19)7-18/h1-3,6,11,19H,4-5,7-8H2,(H,17,20)/t11-/m0/s1. The number of likely N-dealkylation sites (tertiary alicyclic amines) is 1. The minimum Gasteiger partial charge on any atom is -0.392 e. The first-order valence-electron chi connectivity index (χ1n) is 6.22. The predicted octanol–water partition coefficient (Wildman–Crippen LogP) is 1.71. The zero-order chi connectivity index (χ0) is 14.8. The van der Waals surface area contributed by atoms with Gasteiger partial charge in [-0.3, -0.25) is 9.69 Å². The normalized spacial score (nSPS) is 20.1. The molecule has 0 unspecified atom stereocenters. The van der Waals surface area contributed by atoms with Crippen molar-refractivity contribution < 1.29 is 23.1 Å². The van der Waals surface area contributed by atoms with Gasteiger partial charge in [0.05, 0.1) is 18.2 Å².